The van der Waals surface area contributed by atoms with E-state index < -0.39 is 6.15 Å². The highest BCUT2D eigenvalue weighted by molar-refractivity contribution is 6.91. The lowest BCUT2D eigenvalue weighted by molar-refractivity contribution is 1.52. The Bertz CT molecular complexity index is 121. The van der Waals surface area contributed by atoms with E-state index in [9.17, 15) is 0 Å². The second-order valence-electron chi connectivity index (χ2n) is 2.13. The summed E-state index contributed by atoms with van der Waals surface area (Å²) < 4.78 is 0. The molecule has 0 unspecified atom stereocenters. The van der Waals surface area contributed by atoms with Gasteiger partial charge in [0.05, 0.1) is 0 Å². The van der Waals surface area contributed by atoms with Crippen LogP contribution in [0, 0.1) is 22.5 Å². The topological polar surface area (TPSA) is 47.6 Å². The highest BCUT2D eigenvalue weighted by Crippen LogP contribution is 1.93. The van der Waals surface area contributed by atoms with Gasteiger partial charge in [0.2, 0.25) is 6.15 Å². The van der Waals surface area contributed by atoms with E-state index in [1.807, 2.05) is 11.9 Å². The quantitative estimate of drug-likeness (QED) is 0.416. The van der Waals surface area contributed by atoms with Crippen LogP contribution in [0.2, 0.25) is 13.6 Å². The second kappa shape index (κ2) is 1.66. The molecule has 0 saturated carbocycles. The first-order valence-electron chi connectivity index (χ1n) is 2.18. The minimum absolute atomic E-state index is 1.36. The highest BCUT2D eigenvalue weighted by atomic mass is 14.2. The molecule has 2 nitrogen and oxygen atoms in total. The summed E-state index contributed by atoms with van der Waals surface area (Å²) in [6.07, 6.45) is -1.36. The number of nitrogens with zero attached hydrogens (tertiary/aromatic N) is 2. The molecule has 36 valence electrons. The molecular formula is C4H6BN2-. The summed E-state index contributed by atoms with van der Waals surface area (Å²) in [6, 6.07) is 0. The molecule has 0 heterocycles. The third-order valence-corrected chi connectivity index (χ3v) is 0.645. The number of hydrogen-bond acceptors (Lipinski definition) is 2. The van der Waals surface area contributed by atoms with Gasteiger partial charge in [0, 0.05) is 0 Å². The molecule has 0 aromatic heterocycles. The van der Waals surface area contributed by atoms with Crippen LogP contribution in [-0.4, -0.2) is 6.15 Å². The molecule has 0 aromatic carbocycles. The predicted octanol–water partition coefficient (Wildman–Crippen LogP) is 0.820. The number of hydrogen-bond donors (Lipinski definition) is 0. The molecule has 3 heteroatoms. The number of nitriles is 2. The van der Waals surface area contributed by atoms with E-state index in [0.29, 0.717) is 0 Å². The lowest BCUT2D eigenvalue weighted by Gasteiger charge is -2.03. The van der Waals surface area contributed by atoms with Crippen molar-refractivity contribution >= 4 is 6.15 Å². The minimum atomic E-state index is -1.36. The zero-order valence-electron chi connectivity index (χ0n) is 4.47. The lowest BCUT2D eigenvalue weighted by atomic mass is 9.31. The standard InChI is InChI=1S/C4H6BN2/c1-5(2,3-6)4-7/h1-2H3/q-1. The van der Waals surface area contributed by atoms with Crippen LogP contribution in [0.1, 0.15) is 0 Å². The molecule has 0 fully saturated rings. The van der Waals surface area contributed by atoms with Crippen LogP contribution < -0.4 is 0 Å². The van der Waals surface area contributed by atoms with Crippen LogP contribution in [0.4, 0.5) is 0 Å². The second-order valence-corrected chi connectivity index (χ2v) is 2.13. The van der Waals surface area contributed by atoms with Gasteiger partial charge in [-0.2, -0.15) is 13.6 Å². The Morgan fingerprint density at radius 2 is 1.43 bits per heavy atom. The fourth-order valence-corrected chi connectivity index (χ4v) is 0.0289. The Morgan fingerprint density at radius 1 is 1.14 bits per heavy atom. The SMILES string of the molecule is C[B-](C)(C#N)C#N. The zero-order chi connectivity index (χ0) is 5.91. The van der Waals surface area contributed by atoms with Gasteiger partial charge in [-0.3, -0.25) is 0 Å². The fraction of sp³-hybridized carbons (Fsp3) is 0.500. The lowest BCUT2D eigenvalue weighted by Crippen LogP contribution is -2.19. The van der Waals surface area contributed by atoms with Gasteiger partial charge in [0.15, 0.2) is 0 Å². The molecule has 0 saturated heterocycles. The zero-order valence-corrected chi connectivity index (χ0v) is 4.47. The van der Waals surface area contributed by atoms with Crippen LogP contribution in [0.5, 0.6) is 0 Å². The van der Waals surface area contributed by atoms with E-state index in [2.05, 4.69) is 0 Å². The summed E-state index contributed by atoms with van der Waals surface area (Å²) in [4.78, 5) is 0. The Kier molecular flexibility index (Phi) is 1.44. The summed E-state index contributed by atoms with van der Waals surface area (Å²) in [6.45, 7) is 3.28. The van der Waals surface area contributed by atoms with Crippen molar-refractivity contribution in [2.75, 3.05) is 0 Å². The molecule has 0 aliphatic heterocycles. The molecule has 0 rings (SSSR count). The average molecular weight is 92.9 g/mol. The number of rotatable bonds is 0. The van der Waals surface area contributed by atoms with Gasteiger partial charge in [-0.1, -0.05) is 0 Å². The normalized spacial score (nSPS) is 9.14. The van der Waals surface area contributed by atoms with Crippen LogP contribution in [0.3, 0.4) is 0 Å². The maximum atomic E-state index is 8.15. The van der Waals surface area contributed by atoms with Gasteiger partial charge in [-0.15, -0.1) is 11.9 Å². The Labute approximate surface area is 43.3 Å². The first-order valence-corrected chi connectivity index (χ1v) is 2.18. The first kappa shape index (κ1) is 6.04. The van der Waals surface area contributed by atoms with Gasteiger partial charge in [0.1, 0.15) is 0 Å². The maximum Gasteiger partial charge on any atom is 0.200 e. The first-order chi connectivity index (χ1) is 3.12. The monoisotopic (exact) mass is 93.1 g/mol. The Balaban J connectivity index is 4.00. The average Bonchev–Trinajstić information content (AvgIpc) is 1.68. The largest absolute Gasteiger partial charge is 0.248 e. The Morgan fingerprint density at radius 3 is 1.43 bits per heavy atom. The third-order valence-electron chi connectivity index (χ3n) is 0.645. The molecule has 0 atom stereocenters. The van der Waals surface area contributed by atoms with Crippen molar-refractivity contribution in [3.63, 3.8) is 0 Å². The van der Waals surface area contributed by atoms with E-state index >= 15 is 0 Å². The summed E-state index contributed by atoms with van der Waals surface area (Å²) >= 11 is 0. The van der Waals surface area contributed by atoms with Crippen molar-refractivity contribution in [2.45, 2.75) is 13.6 Å². The highest BCUT2D eigenvalue weighted by Gasteiger charge is 2.07. The molecule has 0 aromatic rings. The van der Waals surface area contributed by atoms with Gasteiger partial charge in [-0.05, 0) is 0 Å². The summed E-state index contributed by atoms with van der Waals surface area (Å²) in [7, 11) is 0. The third kappa shape index (κ3) is 1.84. The van der Waals surface area contributed by atoms with Gasteiger partial charge < -0.3 is 0 Å². The molecule has 0 bridgehead atoms. The fourth-order valence-electron chi connectivity index (χ4n) is 0.0289. The van der Waals surface area contributed by atoms with Crippen molar-refractivity contribution < 1.29 is 0 Å². The molecule has 0 amide bonds. The minimum Gasteiger partial charge on any atom is -0.248 e. The summed E-state index contributed by atoms with van der Waals surface area (Å²) in [5, 5.41) is 16.3. The van der Waals surface area contributed by atoms with Crippen molar-refractivity contribution in [1.82, 2.24) is 0 Å². The van der Waals surface area contributed by atoms with Crippen molar-refractivity contribution in [2.24, 2.45) is 0 Å². The van der Waals surface area contributed by atoms with Gasteiger partial charge in [-0.25, -0.2) is 10.5 Å². The van der Waals surface area contributed by atoms with E-state index in [4.69, 9.17) is 10.5 Å². The smallest absolute Gasteiger partial charge is 0.200 e. The van der Waals surface area contributed by atoms with E-state index in [0.717, 1.165) is 0 Å². The van der Waals surface area contributed by atoms with E-state index in [1.54, 1.807) is 13.6 Å². The van der Waals surface area contributed by atoms with Gasteiger partial charge in [0.25, 0.3) is 0 Å². The van der Waals surface area contributed by atoms with Crippen LogP contribution >= 0.6 is 0 Å². The Hall–Kier alpha value is -0.955. The summed E-state index contributed by atoms with van der Waals surface area (Å²) in [5.74, 6) is 3.78. The van der Waals surface area contributed by atoms with Gasteiger partial charge >= 0.3 is 0 Å². The van der Waals surface area contributed by atoms with Crippen LogP contribution in [0.25, 0.3) is 0 Å². The predicted molar refractivity (Wildman–Crippen MR) is 28.7 cm³/mol. The van der Waals surface area contributed by atoms with Crippen molar-refractivity contribution in [3.05, 3.63) is 0 Å². The van der Waals surface area contributed by atoms with E-state index in [1.165, 1.54) is 0 Å². The maximum absolute atomic E-state index is 8.15. The molecule has 0 radical (unpaired) electrons. The molecule has 0 spiro atoms. The van der Waals surface area contributed by atoms with Crippen molar-refractivity contribution in [1.29, 1.82) is 10.5 Å². The molecule has 0 aliphatic carbocycles. The van der Waals surface area contributed by atoms with Crippen LogP contribution in [0.15, 0.2) is 0 Å². The van der Waals surface area contributed by atoms with Crippen molar-refractivity contribution in [3.8, 4) is 11.9 Å². The summed E-state index contributed by atoms with van der Waals surface area (Å²) in [5.41, 5.74) is 0. The molecule has 0 N–H and O–H groups in total. The molecular weight excluding hydrogens is 86.9 g/mol. The molecule has 0 aliphatic rings. The van der Waals surface area contributed by atoms with Crippen LogP contribution in [-0.2, 0) is 0 Å². The molecule has 7 heavy (non-hydrogen) atoms. The van der Waals surface area contributed by atoms with E-state index in [-0.39, 0.29) is 0 Å².